The second kappa shape index (κ2) is 5.93. The van der Waals surface area contributed by atoms with Crippen molar-refractivity contribution in [3.63, 3.8) is 0 Å². The van der Waals surface area contributed by atoms with E-state index in [1.54, 1.807) is 0 Å². The highest BCUT2D eigenvalue weighted by atomic mass is 16.5. The van der Waals surface area contributed by atoms with Gasteiger partial charge in [-0.2, -0.15) is 0 Å². The van der Waals surface area contributed by atoms with Gasteiger partial charge in [0.05, 0.1) is 6.61 Å². The maximum absolute atomic E-state index is 5.77. The molecule has 0 aromatic heterocycles. The van der Waals surface area contributed by atoms with E-state index >= 15 is 0 Å². The molecule has 1 aromatic carbocycles. The van der Waals surface area contributed by atoms with Crippen LogP contribution in [0.1, 0.15) is 44.6 Å². The lowest BCUT2D eigenvalue weighted by Crippen LogP contribution is -2.03. The molecule has 0 bridgehead atoms. The molecule has 16 heavy (non-hydrogen) atoms. The van der Waals surface area contributed by atoms with E-state index in [2.05, 4.69) is 31.2 Å². The zero-order chi connectivity index (χ0) is 11.2. The van der Waals surface area contributed by atoms with Gasteiger partial charge in [0.15, 0.2) is 0 Å². The van der Waals surface area contributed by atoms with Crippen LogP contribution >= 0.6 is 0 Å². The van der Waals surface area contributed by atoms with Crippen LogP contribution in [0.3, 0.4) is 0 Å². The van der Waals surface area contributed by atoms with Crippen LogP contribution in [-0.4, -0.2) is 6.61 Å². The molecule has 0 saturated heterocycles. The van der Waals surface area contributed by atoms with Crippen molar-refractivity contribution in [1.29, 1.82) is 0 Å². The highest BCUT2D eigenvalue weighted by Crippen LogP contribution is 2.27. The maximum Gasteiger partial charge on any atom is 0.119 e. The molecule has 0 radical (unpaired) electrons. The summed E-state index contributed by atoms with van der Waals surface area (Å²) in [6.45, 7) is 3.06. The molecule has 88 valence electrons. The maximum atomic E-state index is 5.77. The van der Waals surface area contributed by atoms with Gasteiger partial charge < -0.3 is 4.74 Å². The quantitative estimate of drug-likeness (QED) is 0.719. The zero-order valence-corrected chi connectivity index (χ0v) is 10.2. The fraction of sp³-hybridized carbons (Fsp3) is 0.600. The van der Waals surface area contributed by atoms with Crippen LogP contribution in [0.2, 0.25) is 0 Å². The molecule has 0 heterocycles. The molecule has 0 N–H and O–H groups in total. The van der Waals surface area contributed by atoms with Crippen molar-refractivity contribution in [3.05, 3.63) is 29.8 Å². The molecular weight excluding hydrogens is 196 g/mol. The van der Waals surface area contributed by atoms with Crippen molar-refractivity contribution in [1.82, 2.24) is 0 Å². The highest BCUT2D eigenvalue weighted by Gasteiger charge is 2.14. The summed E-state index contributed by atoms with van der Waals surface area (Å²) in [6.07, 6.45) is 8.01. The molecule has 0 atom stereocenters. The van der Waals surface area contributed by atoms with E-state index in [1.807, 2.05) is 0 Å². The molecule has 0 aliphatic heterocycles. The molecule has 0 amide bonds. The van der Waals surface area contributed by atoms with Gasteiger partial charge in [0.2, 0.25) is 0 Å². The van der Waals surface area contributed by atoms with E-state index in [0.29, 0.717) is 0 Å². The third-order valence-corrected chi connectivity index (χ3v) is 3.60. The normalized spacial score (nSPS) is 16.6. The molecule has 1 saturated carbocycles. The van der Waals surface area contributed by atoms with Gasteiger partial charge in [-0.3, -0.25) is 0 Å². The summed E-state index contributed by atoms with van der Waals surface area (Å²) in [6, 6.07) is 8.50. The van der Waals surface area contributed by atoms with Crippen LogP contribution in [0.25, 0.3) is 0 Å². The fourth-order valence-corrected chi connectivity index (χ4v) is 2.46. The van der Waals surface area contributed by atoms with Crippen LogP contribution in [0, 0.1) is 5.92 Å². The second-order valence-electron chi connectivity index (χ2n) is 4.79. The van der Waals surface area contributed by atoms with E-state index in [4.69, 9.17) is 4.74 Å². The summed E-state index contributed by atoms with van der Waals surface area (Å²) in [5.74, 6) is 1.95. The van der Waals surface area contributed by atoms with Gasteiger partial charge in [0, 0.05) is 0 Å². The third-order valence-electron chi connectivity index (χ3n) is 3.60. The minimum Gasteiger partial charge on any atom is -0.494 e. The van der Waals surface area contributed by atoms with E-state index in [-0.39, 0.29) is 0 Å². The second-order valence-corrected chi connectivity index (χ2v) is 4.79. The van der Waals surface area contributed by atoms with Gasteiger partial charge in [-0.1, -0.05) is 44.7 Å². The smallest absolute Gasteiger partial charge is 0.119 e. The summed E-state index contributed by atoms with van der Waals surface area (Å²) >= 11 is 0. The minimum absolute atomic E-state index is 0.885. The zero-order valence-electron chi connectivity index (χ0n) is 10.2. The predicted octanol–water partition coefficient (Wildman–Crippen LogP) is 4.21. The highest BCUT2D eigenvalue weighted by molar-refractivity contribution is 5.27. The average Bonchev–Trinajstić information content (AvgIpc) is 2.83. The molecule has 1 aliphatic carbocycles. The molecule has 2 rings (SSSR count). The van der Waals surface area contributed by atoms with Crippen LogP contribution in [-0.2, 0) is 6.42 Å². The van der Waals surface area contributed by atoms with Crippen LogP contribution < -0.4 is 4.74 Å². The van der Waals surface area contributed by atoms with Crippen molar-refractivity contribution < 1.29 is 4.74 Å². The largest absolute Gasteiger partial charge is 0.494 e. The van der Waals surface area contributed by atoms with Gasteiger partial charge in [-0.15, -0.1) is 0 Å². The predicted molar refractivity (Wildman–Crippen MR) is 67.9 cm³/mol. The summed E-state index contributed by atoms with van der Waals surface area (Å²) in [5, 5.41) is 0. The van der Waals surface area contributed by atoms with Gasteiger partial charge in [0.25, 0.3) is 0 Å². The molecular formula is C15H22O. The Hall–Kier alpha value is -0.980. The van der Waals surface area contributed by atoms with Gasteiger partial charge in [-0.25, -0.2) is 0 Å². The van der Waals surface area contributed by atoms with Gasteiger partial charge >= 0.3 is 0 Å². The lowest BCUT2D eigenvalue weighted by atomic mass is 10.1. The van der Waals surface area contributed by atoms with Crippen LogP contribution in [0.5, 0.6) is 5.75 Å². The number of rotatable bonds is 5. The average molecular weight is 218 g/mol. The first-order valence-corrected chi connectivity index (χ1v) is 6.60. The van der Waals surface area contributed by atoms with Gasteiger partial charge in [0.1, 0.15) is 5.75 Å². The van der Waals surface area contributed by atoms with Crippen LogP contribution in [0.4, 0.5) is 0 Å². The first-order valence-electron chi connectivity index (χ1n) is 6.60. The standard InChI is InChI=1S/C15H22O/c1-2-13-7-9-15(10-8-13)16-12-11-14-5-3-4-6-14/h7-10,14H,2-6,11-12H2,1H3. The van der Waals surface area contributed by atoms with Crippen LogP contribution in [0.15, 0.2) is 24.3 Å². The van der Waals surface area contributed by atoms with E-state index in [9.17, 15) is 0 Å². The molecule has 1 aromatic rings. The molecule has 0 unspecified atom stereocenters. The van der Waals surface area contributed by atoms with Crippen molar-refractivity contribution >= 4 is 0 Å². The summed E-state index contributed by atoms with van der Waals surface area (Å²) < 4.78 is 5.77. The first kappa shape index (κ1) is 11.5. The molecule has 1 fully saturated rings. The van der Waals surface area contributed by atoms with Crippen molar-refractivity contribution in [3.8, 4) is 5.75 Å². The molecule has 1 heteroatoms. The minimum atomic E-state index is 0.885. The lowest BCUT2D eigenvalue weighted by molar-refractivity contribution is 0.279. The first-order chi connectivity index (χ1) is 7.88. The third kappa shape index (κ3) is 3.26. The molecule has 1 nitrogen and oxygen atoms in total. The van der Waals surface area contributed by atoms with Crippen molar-refractivity contribution in [2.24, 2.45) is 5.92 Å². The topological polar surface area (TPSA) is 9.23 Å². The van der Waals surface area contributed by atoms with E-state index in [1.165, 1.54) is 37.7 Å². The van der Waals surface area contributed by atoms with Gasteiger partial charge in [-0.05, 0) is 36.5 Å². The molecule has 0 spiro atoms. The van der Waals surface area contributed by atoms with E-state index < -0.39 is 0 Å². The molecule has 1 aliphatic rings. The number of aryl methyl sites for hydroxylation is 1. The number of hydrogen-bond acceptors (Lipinski definition) is 1. The number of hydrogen-bond donors (Lipinski definition) is 0. The Morgan fingerprint density at radius 3 is 2.44 bits per heavy atom. The Morgan fingerprint density at radius 1 is 1.12 bits per heavy atom. The summed E-state index contributed by atoms with van der Waals surface area (Å²) in [4.78, 5) is 0. The monoisotopic (exact) mass is 218 g/mol. The van der Waals surface area contributed by atoms with Crippen molar-refractivity contribution in [2.75, 3.05) is 6.61 Å². The number of benzene rings is 1. The number of ether oxygens (including phenoxy) is 1. The Bertz CT molecular complexity index is 296. The summed E-state index contributed by atoms with van der Waals surface area (Å²) in [7, 11) is 0. The Balaban J connectivity index is 1.71. The Labute approximate surface area is 98.8 Å². The fourth-order valence-electron chi connectivity index (χ4n) is 2.46. The van der Waals surface area contributed by atoms with E-state index in [0.717, 1.165) is 24.7 Å². The lowest BCUT2D eigenvalue weighted by Gasteiger charge is -2.10. The SMILES string of the molecule is CCc1ccc(OCCC2CCCC2)cc1. The van der Waals surface area contributed by atoms with Crippen molar-refractivity contribution in [2.45, 2.75) is 45.4 Å². The summed E-state index contributed by atoms with van der Waals surface area (Å²) in [5.41, 5.74) is 1.38. The Morgan fingerprint density at radius 2 is 1.81 bits per heavy atom. The Kier molecular flexibility index (Phi) is 4.26.